The number of fused-ring (bicyclic) bond motifs is 1. The molecule has 7 heteroatoms. The van der Waals surface area contributed by atoms with E-state index in [-0.39, 0.29) is 22.8 Å². The number of carbonyl (C=O) groups excluding carboxylic acids is 1. The number of hydrogen-bond acceptors (Lipinski definition) is 4. The smallest absolute Gasteiger partial charge is 0.238 e. The van der Waals surface area contributed by atoms with Gasteiger partial charge in [-0.05, 0) is 31.0 Å². The van der Waals surface area contributed by atoms with Crippen molar-refractivity contribution < 1.29 is 17.9 Å². The van der Waals surface area contributed by atoms with E-state index >= 15 is 0 Å². The molecule has 6 nitrogen and oxygen atoms in total. The van der Waals surface area contributed by atoms with Crippen molar-refractivity contribution in [3.63, 3.8) is 0 Å². The van der Waals surface area contributed by atoms with E-state index in [1.807, 2.05) is 0 Å². The summed E-state index contributed by atoms with van der Waals surface area (Å²) < 4.78 is 28.4. The van der Waals surface area contributed by atoms with Crippen LogP contribution in [0.25, 0.3) is 0 Å². The van der Waals surface area contributed by atoms with E-state index in [0.717, 1.165) is 19.3 Å². The van der Waals surface area contributed by atoms with Gasteiger partial charge in [-0.25, -0.2) is 13.6 Å². The lowest BCUT2D eigenvalue weighted by molar-refractivity contribution is -0.128. The van der Waals surface area contributed by atoms with E-state index in [2.05, 4.69) is 5.32 Å². The zero-order chi connectivity index (χ0) is 15.0. The number of nitrogens with two attached hydrogens (primary N) is 1. The van der Waals surface area contributed by atoms with E-state index in [1.54, 1.807) is 6.07 Å². The highest BCUT2D eigenvalue weighted by molar-refractivity contribution is 7.89. The van der Waals surface area contributed by atoms with E-state index in [4.69, 9.17) is 9.88 Å². The van der Waals surface area contributed by atoms with Crippen molar-refractivity contribution in [2.24, 2.45) is 11.1 Å². The highest BCUT2D eigenvalue weighted by Crippen LogP contribution is 2.35. The Morgan fingerprint density at radius 2 is 2.05 bits per heavy atom. The molecular weight excluding hydrogens is 292 g/mol. The SMILES string of the molecule is NS(=O)(=O)c1ccc2c(c1)C(NC(=O)C1CCC1)CCO2. The van der Waals surface area contributed by atoms with Crippen molar-refractivity contribution in [3.05, 3.63) is 23.8 Å². The third-order valence-corrected chi connectivity index (χ3v) is 5.05. The summed E-state index contributed by atoms with van der Waals surface area (Å²) in [5.41, 5.74) is 0.681. The molecule has 1 aliphatic heterocycles. The number of primary sulfonamides is 1. The average molecular weight is 310 g/mol. The first-order valence-electron chi connectivity index (χ1n) is 7.05. The predicted octanol–water partition coefficient (Wildman–Crippen LogP) is 1.07. The lowest BCUT2D eigenvalue weighted by Gasteiger charge is -2.31. The molecule has 114 valence electrons. The van der Waals surface area contributed by atoms with Crippen molar-refractivity contribution in [2.75, 3.05) is 6.61 Å². The van der Waals surface area contributed by atoms with Gasteiger partial charge in [-0.15, -0.1) is 0 Å². The summed E-state index contributed by atoms with van der Waals surface area (Å²) in [5, 5.41) is 8.16. The summed E-state index contributed by atoms with van der Waals surface area (Å²) in [6.45, 7) is 0.497. The van der Waals surface area contributed by atoms with Crippen molar-refractivity contribution >= 4 is 15.9 Å². The Morgan fingerprint density at radius 3 is 2.67 bits per heavy atom. The summed E-state index contributed by atoms with van der Waals surface area (Å²) in [7, 11) is -3.77. The Hall–Kier alpha value is -1.60. The number of rotatable bonds is 3. The molecule has 3 N–H and O–H groups in total. The first-order valence-corrected chi connectivity index (χ1v) is 8.60. The van der Waals surface area contributed by atoms with E-state index in [0.29, 0.717) is 24.3 Å². The van der Waals surface area contributed by atoms with Crippen LogP contribution in [0.1, 0.15) is 37.3 Å². The zero-order valence-corrected chi connectivity index (χ0v) is 12.4. The van der Waals surface area contributed by atoms with Gasteiger partial charge in [0.05, 0.1) is 17.5 Å². The van der Waals surface area contributed by atoms with Crippen LogP contribution >= 0.6 is 0 Å². The fourth-order valence-electron chi connectivity index (χ4n) is 2.66. The number of sulfonamides is 1. The molecule has 1 aromatic carbocycles. The molecule has 1 aliphatic carbocycles. The Kier molecular flexibility index (Phi) is 3.62. The lowest BCUT2D eigenvalue weighted by Crippen LogP contribution is -2.38. The minimum Gasteiger partial charge on any atom is -0.493 e. The van der Waals surface area contributed by atoms with Gasteiger partial charge in [0.25, 0.3) is 0 Å². The number of amides is 1. The van der Waals surface area contributed by atoms with Crippen molar-refractivity contribution in [1.29, 1.82) is 0 Å². The molecule has 0 spiro atoms. The summed E-state index contributed by atoms with van der Waals surface area (Å²) in [4.78, 5) is 12.1. The Labute approximate surface area is 123 Å². The number of hydrogen-bond donors (Lipinski definition) is 2. The minimum absolute atomic E-state index is 0.0367. The number of benzene rings is 1. The molecule has 1 atom stereocenters. The first kappa shape index (κ1) is 14.3. The van der Waals surface area contributed by atoms with Crippen LogP contribution in [0.15, 0.2) is 23.1 Å². The largest absolute Gasteiger partial charge is 0.493 e. The van der Waals surface area contributed by atoms with Gasteiger partial charge in [0.15, 0.2) is 0 Å². The minimum atomic E-state index is -3.77. The predicted molar refractivity (Wildman–Crippen MR) is 76.2 cm³/mol. The molecule has 1 aromatic rings. The molecule has 2 aliphatic rings. The molecule has 0 radical (unpaired) electrons. The highest BCUT2D eigenvalue weighted by Gasteiger charge is 2.30. The van der Waals surface area contributed by atoms with Gasteiger partial charge in [-0.1, -0.05) is 6.42 Å². The quantitative estimate of drug-likeness (QED) is 0.872. The van der Waals surface area contributed by atoms with Gasteiger partial charge in [-0.3, -0.25) is 4.79 Å². The number of ether oxygens (including phenoxy) is 1. The molecule has 1 amide bonds. The maximum atomic E-state index is 12.1. The van der Waals surface area contributed by atoms with Gasteiger partial charge in [0, 0.05) is 17.9 Å². The summed E-state index contributed by atoms with van der Waals surface area (Å²) in [6, 6.07) is 4.29. The molecule has 0 saturated heterocycles. The second-order valence-electron chi connectivity index (χ2n) is 5.57. The van der Waals surface area contributed by atoms with Crippen LogP contribution in [0.3, 0.4) is 0 Å². The topological polar surface area (TPSA) is 98.5 Å². The number of carbonyl (C=O) groups is 1. The fourth-order valence-corrected chi connectivity index (χ4v) is 3.21. The van der Waals surface area contributed by atoms with E-state index in [1.165, 1.54) is 12.1 Å². The Bertz CT molecular complexity index is 668. The van der Waals surface area contributed by atoms with Crippen LogP contribution in [-0.2, 0) is 14.8 Å². The third-order valence-electron chi connectivity index (χ3n) is 4.14. The molecule has 0 bridgehead atoms. The van der Waals surface area contributed by atoms with Gasteiger partial charge in [0.1, 0.15) is 5.75 Å². The molecule has 21 heavy (non-hydrogen) atoms. The second kappa shape index (κ2) is 5.31. The van der Waals surface area contributed by atoms with Crippen LogP contribution < -0.4 is 15.2 Å². The first-order chi connectivity index (χ1) is 9.95. The third kappa shape index (κ3) is 2.89. The molecule has 1 saturated carbocycles. The van der Waals surface area contributed by atoms with Crippen molar-refractivity contribution in [1.82, 2.24) is 5.32 Å². The standard InChI is InChI=1S/C14H18N2O4S/c15-21(18,19)10-4-5-13-11(8-10)12(6-7-20-13)16-14(17)9-2-1-3-9/h4-5,8-9,12H,1-3,6-7H2,(H,16,17)(H2,15,18,19). The van der Waals surface area contributed by atoms with E-state index in [9.17, 15) is 13.2 Å². The van der Waals surface area contributed by atoms with Gasteiger partial charge < -0.3 is 10.1 Å². The molecule has 3 rings (SSSR count). The highest BCUT2D eigenvalue weighted by atomic mass is 32.2. The lowest BCUT2D eigenvalue weighted by atomic mass is 9.84. The molecule has 1 heterocycles. The van der Waals surface area contributed by atoms with Crippen LogP contribution in [0.5, 0.6) is 5.75 Å². The Balaban J connectivity index is 1.87. The Morgan fingerprint density at radius 1 is 1.29 bits per heavy atom. The summed E-state index contributed by atoms with van der Waals surface area (Å²) >= 11 is 0. The molecule has 1 fully saturated rings. The zero-order valence-electron chi connectivity index (χ0n) is 11.5. The van der Waals surface area contributed by atoms with Crippen molar-refractivity contribution in [3.8, 4) is 5.75 Å². The van der Waals surface area contributed by atoms with Crippen LogP contribution in [0.4, 0.5) is 0 Å². The van der Waals surface area contributed by atoms with Gasteiger partial charge in [-0.2, -0.15) is 0 Å². The van der Waals surface area contributed by atoms with Gasteiger partial charge >= 0.3 is 0 Å². The van der Waals surface area contributed by atoms with Crippen LogP contribution in [0.2, 0.25) is 0 Å². The maximum absolute atomic E-state index is 12.1. The molecular formula is C14H18N2O4S. The second-order valence-corrected chi connectivity index (χ2v) is 7.13. The summed E-state index contributed by atoms with van der Waals surface area (Å²) in [5.74, 6) is 0.741. The monoisotopic (exact) mass is 310 g/mol. The number of nitrogens with one attached hydrogen (secondary N) is 1. The molecule has 0 aromatic heterocycles. The van der Waals surface area contributed by atoms with Crippen molar-refractivity contribution in [2.45, 2.75) is 36.6 Å². The maximum Gasteiger partial charge on any atom is 0.238 e. The normalized spacial score (nSPS) is 21.9. The summed E-state index contributed by atoms with van der Waals surface area (Å²) in [6.07, 6.45) is 3.58. The van der Waals surface area contributed by atoms with Crippen LogP contribution in [0, 0.1) is 5.92 Å². The van der Waals surface area contributed by atoms with Gasteiger partial charge in [0.2, 0.25) is 15.9 Å². The van der Waals surface area contributed by atoms with E-state index < -0.39 is 10.0 Å². The molecule has 1 unspecified atom stereocenters. The fraction of sp³-hybridized carbons (Fsp3) is 0.500. The van der Waals surface area contributed by atoms with Crippen LogP contribution in [-0.4, -0.2) is 20.9 Å². The average Bonchev–Trinajstić information content (AvgIpc) is 2.35.